The first kappa shape index (κ1) is 18.4. The quantitative estimate of drug-likeness (QED) is 0.716. The molecular formula is C21H27N3O2. The summed E-state index contributed by atoms with van der Waals surface area (Å²) in [5.41, 5.74) is 1.71. The van der Waals surface area contributed by atoms with E-state index >= 15 is 0 Å². The Morgan fingerprint density at radius 3 is 2.85 bits per heavy atom. The molecule has 1 aliphatic heterocycles. The van der Waals surface area contributed by atoms with Gasteiger partial charge in [-0.1, -0.05) is 61.5 Å². The van der Waals surface area contributed by atoms with E-state index in [0.717, 1.165) is 18.7 Å². The zero-order valence-electron chi connectivity index (χ0n) is 15.8. The van der Waals surface area contributed by atoms with E-state index in [2.05, 4.69) is 54.2 Å². The van der Waals surface area contributed by atoms with Crippen LogP contribution in [0.5, 0.6) is 0 Å². The molecule has 0 fully saturated rings. The summed E-state index contributed by atoms with van der Waals surface area (Å²) in [5.74, 6) is 1.04. The van der Waals surface area contributed by atoms with Gasteiger partial charge in [-0.05, 0) is 24.9 Å². The molecule has 0 spiro atoms. The number of carbonyl (C=O) groups excluding carboxylic acids is 1. The number of likely N-dealkylation sites (N-methyl/N-ethyl adjacent to an activating group) is 1. The van der Waals surface area contributed by atoms with Gasteiger partial charge in [0, 0.05) is 19.2 Å². The highest BCUT2D eigenvalue weighted by atomic mass is 16.5. The molecule has 1 aromatic heterocycles. The van der Waals surface area contributed by atoms with Crippen LogP contribution < -0.4 is 0 Å². The maximum Gasteiger partial charge on any atom is 0.276 e. The topological polar surface area (TPSA) is 49.6 Å². The Hall–Kier alpha value is -2.40. The molecule has 0 N–H and O–H groups in total. The van der Waals surface area contributed by atoms with E-state index < -0.39 is 0 Å². The Bertz CT molecular complexity index is 752. The van der Waals surface area contributed by atoms with E-state index in [0.29, 0.717) is 24.7 Å². The van der Waals surface area contributed by atoms with Crippen molar-refractivity contribution >= 4 is 5.91 Å². The van der Waals surface area contributed by atoms with Crippen molar-refractivity contribution in [1.82, 2.24) is 15.0 Å². The van der Waals surface area contributed by atoms with Crippen molar-refractivity contribution in [3.63, 3.8) is 0 Å². The normalized spacial score (nSPS) is 16.8. The lowest BCUT2D eigenvalue weighted by Gasteiger charge is -2.26. The van der Waals surface area contributed by atoms with E-state index in [-0.39, 0.29) is 11.9 Å². The third-order valence-corrected chi connectivity index (χ3v) is 4.77. The Morgan fingerprint density at radius 2 is 2.12 bits per heavy atom. The molecule has 138 valence electrons. The van der Waals surface area contributed by atoms with Gasteiger partial charge in [0.15, 0.2) is 11.5 Å². The van der Waals surface area contributed by atoms with Gasteiger partial charge >= 0.3 is 0 Å². The first-order valence-corrected chi connectivity index (χ1v) is 9.20. The summed E-state index contributed by atoms with van der Waals surface area (Å²) in [7, 11) is 2.05. The van der Waals surface area contributed by atoms with Crippen molar-refractivity contribution in [1.29, 1.82) is 0 Å². The number of aromatic nitrogens is 1. The number of nitrogens with zero attached hydrogens (tertiary/aromatic N) is 3. The molecule has 0 saturated heterocycles. The Kier molecular flexibility index (Phi) is 5.89. The third kappa shape index (κ3) is 4.41. The average molecular weight is 353 g/mol. The van der Waals surface area contributed by atoms with Gasteiger partial charge < -0.3 is 9.42 Å². The van der Waals surface area contributed by atoms with Crippen LogP contribution in [-0.2, 0) is 13.0 Å². The van der Waals surface area contributed by atoms with Gasteiger partial charge in [-0.3, -0.25) is 9.69 Å². The van der Waals surface area contributed by atoms with Crippen molar-refractivity contribution < 1.29 is 9.32 Å². The number of rotatable bonds is 7. The van der Waals surface area contributed by atoms with Gasteiger partial charge in [0.25, 0.3) is 5.91 Å². The molecule has 1 amide bonds. The zero-order chi connectivity index (χ0) is 18.5. The van der Waals surface area contributed by atoms with Gasteiger partial charge in [0.2, 0.25) is 0 Å². The maximum absolute atomic E-state index is 12.7. The van der Waals surface area contributed by atoms with Crippen LogP contribution in [0.1, 0.15) is 35.7 Å². The second kappa shape index (κ2) is 8.32. The molecular weight excluding hydrogens is 326 g/mol. The van der Waals surface area contributed by atoms with Crippen molar-refractivity contribution in [2.75, 3.05) is 20.1 Å². The highest BCUT2D eigenvalue weighted by Gasteiger charge is 2.29. The summed E-state index contributed by atoms with van der Waals surface area (Å²) in [6, 6.07) is 12.3. The predicted octanol–water partition coefficient (Wildman–Crippen LogP) is 3.39. The fourth-order valence-electron chi connectivity index (χ4n) is 3.29. The van der Waals surface area contributed by atoms with E-state index in [1.165, 1.54) is 5.56 Å². The molecule has 1 unspecified atom stereocenters. The van der Waals surface area contributed by atoms with Crippen LogP contribution >= 0.6 is 0 Å². The van der Waals surface area contributed by atoms with Gasteiger partial charge in [0.1, 0.15) is 0 Å². The van der Waals surface area contributed by atoms with E-state index in [1.54, 1.807) is 6.07 Å². The second-order valence-electron chi connectivity index (χ2n) is 7.27. The van der Waals surface area contributed by atoms with Crippen LogP contribution in [0.2, 0.25) is 0 Å². The van der Waals surface area contributed by atoms with Crippen LogP contribution in [-0.4, -0.2) is 47.0 Å². The number of hydrogen-bond donors (Lipinski definition) is 0. The summed E-state index contributed by atoms with van der Waals surface area (Å²) in [6.45, 7) is 6.44. The highest BCUT2D eigenvalue weighted by molar-refractivity contribution is 5.93. The third-order valence-electron chi connectivity index (χ3n) is 4.77. The van der Waals surface area contributed by atoms with Crippen molar-refractivity contribution in [2.24, 2.45) is 5.92 Å². The SMILES string of the molecule is CC(C)C1C=CCN1C(=O)c1cc(CN(C)CCc2ccccc2)on1. The van der Waals surface area contributed by atoms with E-state index in [1.807, 2.05) is 24.1 Å². The average Bonchev–Trinajstić information content (AvgIpc) is 3.30. The summed E-state index contributed by atoms with van der Waals surface area (Å²) in [4.78, 5) is 16.8. The van der Waals surface area contributed by atoms with Crippen molar-refractivity contribution in [3.8, 4) is 0 Å². The lowest BCUT2D eigenvalue weighted by molar-refractivity contribution is 0.0710. The van der Waals surface area contributed by atoms with Crippen LogP contribution in [0.3, 0.4) is 0 Å². The summed E-state index contributed by atoms with van der Waals surface area (Å²) < 4.78 is 5.40. The molecule has 0 bridgehead atoms. The first-order chi connectivity index (χ1) is 12.5. The molecule has 1 atom stereocenters. The first-order valence-electron chi connectivity index (χ1n) is 9.20. The molecule has 2 aromatic rings. The molecule has 0 saturated carbocycles. The number of amides is 1. The van der Waals surface area contributed by atoms with Crippen LogP contribution in [0, 0.1) is 5.92 Å². The Morgan fingerprint density at radius 1 is 1.35 bits per heavy atom. The molecule has 0 radical (unpaired) electrons. The van der Waals surface area contributed by atoms with Gasteiger partial charge in [-0.15, -0.1) is 0 Å². The summed E-state index contributed by atoms with van der Waals surface area (Å²) in [5, 5.41) is 4.01. The fraction of sp³-hybridized carbons (Fsp3) is 0.429. The van der Waals surface area contributed by atoms with Gasteiger partial charge in [-0.2, -0.15) is 0 Å². The molecule has 3 rings (SSSR count). The molecule has 5 heteroatoms. The van der Waals surface area contributed by atoms with E-state index in [9.17, 15) is 4.79 Å². The van der Waals surface area contributed by atoms with E-state index in [4.69, 9.17) is 4.52 Å². The van der Waals surface area contributed by atoms with Crippen LogP contribution in [0.15, 0.2) is 53.1 Å². The summed E-state index contributed by atoms with van der Waals surface area (Å²) in [6.07, 6.45) is 5.12. The Balaban J connectivity index is 1.55. The number of hydrogen-bond acceptors (Lipinski definition) is 4. The molecule has 26 heavy (non-hydrogen) atoms. The predicted molar refractivity (Wildman–Crippen MR) is 102 cm³/mol. The number of carbonyl (C=O) groups is 1. The van der Waals surface area contributed by atoms with Crippen molar-refractivity contribution in [3.05, 3.63) is 65.6 Å². The smallest absolute Gasteiger partial charge is 0.276 e. The maximum atomic E-state index is 12.7. The molecule has 5 nitrogen and oxygen atoms in total. The largest absolute Gasteiger partial charge is 0.359 e. The number of benzene rings is 1. The Labute approximate surface area is 155 Å². The monoisotopic (exact) mass is 353 g/mol. The molecule has 1 aliphatic rings. The zero-order valence-corrected chi connectivity index (χ0v) is 15.8. The van der Waals surface area contributed by atoms with Gasteiger partial charge in [-0.25, -0.2) is 0 Å². The summed E-state index contributed by atoms with van der Waals surface area (Å²) >= 11 is 0. The lowest BCUT2D eigenvalue weighted by atomic mass is 10.0. The lowest BCUT2D eigenvalue weighted by Crippen LogP contribution is -2.39. The molecule has 1 aromatic carbocycles. The highest BCUT2D eigenvalue weighted by Crippen LogP contribution is 2.20. The van der Waals surface area contributed by atoms with Gasteiger partial charge in [0.05, 0.1) is 12.6 Å². The fourth-order valence-corrected chi connectivity index (χ4v) is 3.29. The van der Waals surface area contributed by atoms with Crippen molar-refractivity contribution in [2.45, 2.75) is 32.9 Å². The minimum absolute atomic E-state index is 0.0596. The second-order valence-corrected chi connectivity index (χ2v) is 7.27. The van der Waals surface area contributed by atoms with Crippen LogP contribution in [0.25, 0.3) is 0 Å². The molecule has 0 aliphatic carbocycles. The standard InChI is InChI=1S/C21H27N3O2/c1-16(2)20-10-7-12-24(20)21(25)19-14-18(26-22-19)15-23(3)13-11-17-8-5-4-6-9-17/h4-10,14,16,20H,11-13,15H2,1-3H3. The minimum atomic E-state index is -0.0596. The minimum Gasteiger partial charge on any atom is -0.359 e. The molecule has 2 heterocycles. The van der Waals surface area contributed by atoms with Crippen LogP contribution in [0.4, 0.5) is 0 Å².